The molecule has 0 N–H and O–H groups in total. The van der Waals surface area contributed by atoms with Crippen LogP contribution in [0.5, 0.6) is 17.2 Å². The van der Waals surface area contributed by atoms with Crippen LogP contribution in [0, 0.1) is 0 Å². The second kappa shape index (κ2) is 9.55. The van der Waals surface area contributed by atoms with Crippen molar-refractivity contribution in [2.45, 2.75) is 38.6 Å². The van der Waals surface area contributed by atoms with Crippen molar-refractivity contribution in [2.24, 2.45) is 5.10 Å². The highest BCUT2D eigenvalue weighted by molar-refractivity contribution is 9.10. The molecule has 6 heteroatoms. The molecule has 3 aromatic rings. The number of benzene rings is 3. The number of hydrogen-bond acceptors (Lipinski definition) is 5. The molecule has 34 heavy (non-hydrogen) atoms. The van der Waals surface area contributed by atoms with Crippen LogP contribution in [0.1, 0.15) is 49.2 Å². The summed E-state index contributed by atoms with van der Waals surface area (Å²) in [4.78, 5) is 0. The van der Waals surface area contributed by atoms with Gasteiger partial charge in [0.1, 0.15) is 23.9 Å². The Balaban J connectivity index is 1.47. The molecule has 0 spiro atoms. The summed E-state index contributed by atoms with van der Waals surface area (Å²) < 4.78 is 19.0. The minimum absolute atomic E-state index is 0.0875. The first-order valence-corrected chi connectivity index (χ1v) is 12.2. The van der Waals surface area contributed by atoms with E-state index in [4.69, 9.17) is 19.3 Å². The van der Waals surface area contributed by atoms with Gasteiger partial charge in [0, 0.05) is 22.0 Å². The Labute approximate surface area is 208 Å². The monoisotopic (exact) mass is 518 g/mol. The van der Waals surface area contributed by atoms with Crippen LogP contribution in [0.25, 0.3) is 0 Å². The SMILES string of the molecule is C=CCOc1ccc([C@@H]2Oc3ccc(Br)cc3[C@@H]3CC(c4ccc(OC(C)C)cc4)=NN32)cc1. The van der Waals surface area contributed by atoms with Crippen LogP contribution in [0.4, 0.5) is 0 Å². The lowest BCUT2D eigenvalue weighted by atomic mass is 9.96. The summed E-state index contributed by atoms with van der Waals surface area (Å²) >= 11 is 3.62. The smallest absolute Gasteiger partial charge is 0.213 e. The van der Waals surface area contributed by atoms with E-state index in [1.807, 2.05) is 62.4 Å². The number of fused-ring (bicyclic) bond motifs is 3. The molecule has 2 aliphatic heterocycles. The third-order valence-electron chi connectivity index (χ3n) is 5.84. The molecule has 0 aromatic heterocycles. The van der Waals surface area contributed by atoms with E-state index in [2.05, 4.69) is 45.7 Å². The normalized spacial score (nSPS) is 18.6. The number of nitrogens with zero attached hydrogens (tertiary/aromatic N) is 2. The van der Waals surface area contributed by atoms with Crippen LogP contribution >= 0.6 is 15.9 Å². The second-order valence-corrected chi connectivity index (χ2v) is 9.57. The van der Waals surface area contributed by atoms with Crippen LogP contribution in [0.2, 0.25) is 0 Å². The third kappa shape index (κ3) is 4.55. The molecule has 0 saturated carbocycles. The van der Waals surface area contributed by atoms with Crippen LogP contribution in [-0.4, -0.2) is 23.4 Å². The first-order chi connectivity index (χ1) is 16.5. The number of ether oxygens (including phenoxy) is 3. The molecule has 174 valence electrons. The Hall–Kier alpha value is -3.25. The van der Waals surface area contributed by atoms with Gasteiger partial charge in [0.05, 0.1) is 17.9 Å². The molecule has 5 rings (SSSR count). The lowest BCUT2D eigenvalue weighted by molar-refractivity contribution is -0.0191. The molecule has 2 atom stereocenters. The molecule has 2 aliphatic rings. The lowest BCUT2D eigenvalue weighted by Gasteiger charge is -2.38. The van der Waals surface area contributed by atoms with E-state index in [1.165, 1.54) is 0 Å². The van der Waals surface area contributed by atoms with Gasteiger partial charge in [-0.2, -0.15) is 5.10 Å². The van der Waals surface area contributed by atoms with Gasteiger partial charge >= 0.3 is 0 Å². The van der Waals surface area contributed by atoms with Crippen molar-refractivity contribution in [1.82, 2.24) is 5.01 Å². The van der Waals surface area contributed by atoms with Crippen LogP contribution in [-0.2, 0) is 0 Å². The fourth-order valence-electron chi connectivity index (χ4n) is 4.33. The molecule has 2 heterocycles. The van der Waals surface area contributed by atoms with Crippen molar-refractivity contribution in [3.8, 4) is 17.2 Å². The maximum absolute atomic E-state index is 6.48. The zero-order valence-corrected chi connectivity index (χ0v) is 20.9. The van der Waals surface area contributed by atoms with Gasteiger partial charge in [-0.3, -0.25) is 0 Å². The minimum atomic E-state index is -0.326. The van der Waals surface area contributed by atoms with E-state index in [1.54, 1.807) is 6.08 Å². The van der Waals surface area contributed by atoms with E-state index in [-0.39, 0.29) is 18.4 Å². The molecule has 0 aliphatic carbocycles. The van der Waals surface area contributed by atoms with E-state index in [9.17, 15) is 0 Å². The topological polar surface area (TPSA) is 43.3 Å². The fourth-order valence-corrected chi connectivity index (χ4v) is 4.71. The van der Waals surface area contributed by atoms with Gasteiger partial charge in [-0.15, -0.1) is 0 Å². The van der Waals surface area contributed by atoms with Gasteiger partial charge in [-0.05, 0) is 86.1 Å². The van der Waals surface area contributed by atoms with Gasteiger partial charge in [0.25, 0.3) is 0 Å². The average molecular weight is 519 g/mol. The van der Waals surface area contributed by atoms with Gasteiger partial charge < -0.3 is 14.2 Å². The number of halogens is 1. The Bertz CT molecular complexity index is 1210. The standard InChI is InChI=1S/C28H27BrN2O3/c1-4-15-32-22-10-7-20(8-11-22)28-31-26(24-16-21(29)9-14-27(24)34-28)17-25(30-31)19-5-12-23(13-6-19)33-18(2)3/h4-14,16,18,26,28H,1,15,17H2,2-3H3/t26-,28-/m0/s1. The molecule has 0 amide bonds. The molecule has 0 radical (unpaired) electrons. The average Bonchev–Trinajstić information content (AvgIpc) is 3.29. The quantitative estimate of drug-likeness (QED) is 0.314. The first kappa shape index (κ1) is 22.5. The highest BCUT2D eigenvalue weighted by atomic mass is 79.9. The third-order valence-corrected chi connectivity index (χ3v) is 6.34. The van der Waals surface area contributed by atoms with E-state index in [0.717, 1.165) is 50.5 Å². The van der Waals surface area contributed by atoms with Crippen LogP contribution in [0.3, 0.4) is 0 Å². The predicted molar refractivity (Wildman–Crippen MR) is 138 cm³/mol. The summed E-state index contributed by atoms with van der Waals surface area (Å²) in [5.41, 5.74) is 4.28. The highest BCUT2D eigenvalue weighted by Crippen LogP contribution is 2.48. The van der Waals surface area contributed by atoms with Gasteiger partial charge in [0.15, 0.2) is 0 Å². The van der Waals surface area contributed by atoms with Crippen molar-refractivity contribution in [3.05, 3.63) is 101 Å². The van der Waals surface area contributed by atoms with Crippen molar-refractivity contribution in [3.63, 3.8) is 0 Å². The Morgan fingerprint density at radius 2 is 1.82 bits per heavy atom. The van der Waals surface area contributed by atoms with Crippen molar-refractivity contribution < 1.29 is 14.2 Å². The first-order valence-electron chi connectivity index (χ1n) is 11.4. The zero-order chi connectivity index (χ0) is 23.7. The number of rotatable bonds is 7. The number of hydrogen-bond donors (Lipinski definition) is 0. The molecule has 0 unspecified atom stereocenters. The van der Waals surface area contributed by atoms with E-state index < -0.39 is 0 Å². The zero-order valence-electron chi connectivity index (χ0n) is 19.3. The molecule has 0 fully saturated rings. The van der Waals surface area contributed by atoms with Crippen molar-refractivity contribution in [1.29, 1.82) is 0 Å². The molecule has 0 saturated heterocycles. The molecular weight excluding hydrogens is 492 g/mol. The summed E-state index contributed by atoms with van der Waals surface area (Å²) in [6.45, 7) is 8.24. The second-order valence-electron chi connectivity index (χ2n) is 8.66. The lowest BCUT2D eigenvalue weighted by Crippen LogP contribution is -2.33. The fraction of sp³-hybridized carbons (Fsp3) is 0.250. The summed E-state index contributed by atoms with van der Waals surface area (Å²) in [5.74, 6) is 2.55. The largest absolute Gasteiger partial charge is 0.491 e. The molecule has 0 bridgehead atoms. The minimum Gasteiger partial charge on any atom is -0.491 e. The van der Waals surface area contributed by atoms with E-state index in [0.29, 0.717) is 6.61 Å². The van der Waals surface area contributed by atoms with Gasteiger partial charge in [-0.1, -0.05) is 28.6 Å². The van der Waals surface area contributed by atoms with Gasteiger partial charge in [0.2, 0.25) is 6.23 Å². The van der Waals surface area contributed by atoms with Crippen molar-refractivity contribution >= 4 is 21.6 Å². The maximum atomic E-state index is 6.48. The molecule has 5 nitrogen and oxygen atoms in total. The summed E-state index contributed by atoms with van der Waals surface area (Å²) in [5, 5.41) is 7.14. The van der Waals surface area contributed by atoms with Crippen molar-refractivity contribution in [2.75, 3.05) is 6.61 Å². The Kier molecular flexibility index (Phi) is 6.33. The summed E-state index contributed by atoms with van der Waals surface area (Å²) in [6.07, 6.45) is 2.35. The Morgan fingerprint density at radius 3 is 2.53 bits per heavy atom. The summed E-state index contributed by atoms with van der Waals surface area (Å²) in [7, 11) is 0. The van der Waals surface area contributed by atoms with Crippen LogP contribution in [0.15, 0.2) is 89.0 Å². The van der Waals surface area contributed by atoms with Crippen LogP contribution < -0.4 is 14.2 Å². The van der Waals surface area contributed by atoms with E-state index >= 15 is 0 Å². The molecule has 3 aromatic carbocycles. The number of hydrazone groups is 1. The Morgan fingerprint density at radius 1 is 1.09 bits per heavy atom. The molecular formula is C28H27BrN2O3. The maximum Gasteiger partial charge on any atom is 0.213 e. The predicted octanol–water partition coefficient (Wildman–Crippen LogP) is 7.04. The van der Waals surface area contributed by atoms with Gasteiger partial charge in [-0.25, -0.2) is 5.01 Å². The highest BCUT2D eigenvalue weighted by Gasteiger charge is 2.41. The summed E-state index contributed by atoms with van der Waals surface area (Å²) in [6, 6.07) is 22.4.